The van der Waals surface area contributed by atoms with Gasteiger partial charge in [0.25, 0.3) is 0 Å². The first-order valence-electron chi connectivity index (χ1n) is 4.68. The standard InChI is InChI=1S/C11H12N4/c1-9-6-7-11(10(2)14-9)5-3-4-8-13-15-12/h6-7H,4,8H2,1-2H3. The van der Waals surface area contributed by atoms with Crippen LogP contribution in [-0.4, -0.2) is 11.5 Å². The highest BCUT2D eigenvalue weighted by Gasteiger charge is 1.94. The van der Waals surface area contributed by atoms with E-state index in [1.165, 1.54) is 0 Å². The Labute approximate surface area is 89.0 Å². The van der Waals surface area contributed by atoms with Gasteiger partial charge in [-0.15, -0.1) is 0 Å². The molecular weight excluding hydrogens is 188 g/mol. The Bertz CT molecular complexity index is 447. The van der Waals surface area contributed by atoms with Crippen molar-refractivity contribution in [1.82, 2.24) is 4.98 Å². The maximum atomic E-state index is 8.06. The number of azide groups is 1. The first kappa shape index (κ1) is 11.1. The number of aryl methyl sites for hydroxylation is 2. The molecule has 4 nitrogen and oxygen atoms in total. The van der Waals surface area contributed by atoms with E-state index in [4.69, 9.17) is 5.53 Å². The third-order valence-corrected chi connectivity index (χ3v) is 1.85. The Morgan fingerprint density at radius 3 is 2.93 bits per heavy atom. The molecule has 0 radical (unpaired) electrons. The van der Waals surface area contributed by atoms with Crippen LogP contribution in [0.2, 0.25) is 0 Å². The summed E-state index contributed by atoms with van der Waals surface area (Å²) in [5.74, 6) is 5.95. The summed E-state index contributed by atoms with van der Waals surface area (Å²) in [6.45, 7) is 4.30. The SMILES string of the molecule is Cc1ccc(C#CCCN=[N+]=[N-])c(C)n1. The number of hydrogen-bond acceptors (Lipinski definition) is 2. The molecule has 0 aliphatic carbocycles. The molecule has 0 aliphatic heterocycles. The Balaban J connectivity index is 2.67. The van der Waals surface area contributed by atoms with E-state index in [1.54, 1.807) is 0 Å². The highest BCUT2D eigenvalue weighted by atomic mass is 15.1. The van der Waals surface area contributed by atoms with Gasteiger partial charge in [-0.1, -0.05) is 17.0 Å². The van der Waals surface area contributed by atoms with Crippen molar-refractivity contribution in [1.29, 1.82) is 0 Å². The van der Waals surface area contributed by atoms with E-state index in [1.807, 2.05) is 26.0 Å². The Kier molecular flexibility index (Phi) is 4.21. The van der Waals surface area contributed by atoms with E-state index in [-0.39, 0.29) is 0 Å². The number of rotatable bonds is 2. The molecule has 0 aliphatic rings. The maximum Gasteiger partial charge on any atom is 0.0532 e. The van der Waals surface area contributed by atoms with Crippen molar-refractivity contribution in [2.45, 2.75) is 20.3 Å². The van der Waals surface area contributed by atoms with Crippen LogP contribution in [0.3, 0.4) is 0 Å². The quantitative estimate of drug-likeness (QED) is 0.238. The van der Waals surface area contributed by atoms with Gasteiger partial charge < -0.3 is 0 Å². The zero-order valence-electron chi connectivity index (χ0n) is 8.86. The molecule has 1 aromatic heterocycles. The monoisotopic (exact) mass is 200 g/mol. The topological polar surface area (TPSA) is 61.7 Å². The van der Waals surface area contributed by atoms with Gasteiger partial charge in [-0.2, -0.15) is 0 Å². The lowest BCUT2D eigenvalue weighted by atomic mass is 10.2. The average Bonchev–Trinajstić information content (AvgIpc) is 2.20. The molecule has 76 valence electrons. The fourth-order valence-corrected chi connectivity index (χ4v) is 1.13. The van der Waals surface area contributed by atoms with Crippen LogP contribution >= 0.6 is 0 Å². The van der Waals surface area contributed by atoms with Crippen LogP contribution in [0.4, 0.5) is 0 Å². The van der Waals surface area contributed by atoms with Gasteiger partial charge in [-0.3, -0.25) is 4.98 Å². The summed E-state index contributed by atoms with van der Waals surface area (Å²) >= 11 is 0. The second-order valence-corrected chi connectivity index (χ2v) is 3.09. The molecule has 4 heteroatoms. The van der Waals surface area contributed by atoms with Gasteiger partial charge in [0.05, 0.1) is 5.69 Å². The van der Waals surface area contributed by atoms with Crippen LogP contribution in [0.25, 0.3) is 10.4 Å². The molecular formula is C11H12N4. The summed E-state index contributed by atoms with van der Waals surface area (Å²) in [5.41, 5.74) is 10.9. The highest BCUT2D eigenvalue weighted by molar-refractivity contribution is 5.37. The van der Waals surface area contributed by atoms with Gasteiger partial charge in [0.15, 0.2) is 0 Å². The minimum atomic E-state index is 0.418. The third kappa shape index (κ3) is 3.72. The van der Waals surface area contributed by atoms with Gasteiger partial charge in [-0.05, 0) is 31.5 Å². The van der Waals surface area contributed by atoms with E-state index in [0.29, 0.717) is 13.0 Å². The first-order chi connectivity index (χ1) is 7.24. The van der Waals surface area contributed by atoms with Crippen molar-refractivity contribution < 1.29 is 0 Å². The van der Waals surface area contributed by atoms with Crippen molar-refractivity contribution in [3.63, 3.8) is 0 Å². The van der Waals surface area contributed by atoms with Crippen LogP contribution in [0.1, 0.15) is 23.4 Å². The van der Waals surface area contributed by atoms with E-state index < -0.39 is 0 Å². The van der Waals surface area contributed by atoms with Crippen LogP contribution in [0, 0.1) is 25.7 Å². The molecule has 0 saturated heterocycles. The summed E-state index contributed by atoms with van der Waals surface area (Å²) in [5, 5.41) is 3.40. The Morgan fingerprint density at radius 1 is 1.47 bits per heavy atom. The van der Waals surface area contributed by atoms with Gasteiger partial charge in [0, 0.05) is 29.1 Å². The minimum Gasteiger partial charge on any atom is -0.257 e. The van der Waals surface area contributed by atoms with Gasteiger partial charge >= 0.3 is 0 Å². The van der Waals surface area contributed by atoms with Crippen molar-refractivity contribution in [2.75, 3.05) is 6.54 Å². The molecule has 1 rings (SSSR count). The molecule has 15 heavy (non-hydrogen) atoms. The summed E-state index contributed by atoms with van der Waals surface area (Å²) < 4.78 is 0. The molecule has 0 saturated carbocycles. The van der Waals surface area contributed by atoms with Gasteiger partial charge in [-0.25, -0.2) is 0 Å². The average molecular weight is 200 g/mol. The molecule has 1 heterocycles. The van der Waals surface area contributed by atoms with E-state index in [0.717, 1.165) is 17.0 Å². The molecule has 0 bridgehead atoms. The molecule has 0 atom stereocenters. The second-order valence-electron chi connectivity index (χ2n) is 3.09. The second kappa shape index (κ2) is 5.69. The maximum absolute atomic E-state index is 8.06. The molecule has 0 spiro atoms. The lowest BCUT2D eigenvalue weighted by molar-refractivity contribution is 1.01. The highest BCUT2D eigenvalue weighted by Crippen LogP contribution is 2.04. The molecule has 0 aromatic carbocycles. The fourth-order valence-electron chi connectivity index (χ4n) is 1.13. The van der Waals surface area contributed by atoms with Crippen LogP contribution in [0.5, 0.6) is 0 Å². The smallest absolute Gasteiger partial charge is 0.0532 e. The zero-order valence-corrected chi connectivity index (χ0v) is 8.86. The van der Waals surface area contributed by atoms with Crippen LogP contribution < -0.4 is 0 Å². The predicted octanol–water partition coefficient (Wildman–Crippen LogP) is 2.75. The summed E-state index contributed by atoms with van der Waals surface area (Å²) in [6.07, 6.45) is 0.581. The Hall–Kier alpha value is -1.98. The zero-order chi connectivity index (χ0) is 11.1. The van der Waals surface area contributed by atoms with E-state index >= 15 is 0 Å². The van der Waals surface area contributed by atoms with E-state index in [9.17, 15) is 0 Å². The largest absolute Gasteiger partial charge is 0.257 e. The van der Waals surface area contributed by atoms with Gasteiger partial charge in [0.1, 0.15) is 0 Å². The van der Waals surface area contributed by atoms with Crippen molar-refractivity contribution in [3.8, 4) is 11.8 Å². The molecule has 0 amide bonds. The fraction of sp³-hybridized carbons (Fsp3) is 0.364. The first-order valence-corrected chi connectivity index (χ1v) is 4.68. The van der Waals surface area contributed by atoms with Gasteiger partial charge in [0.2, 0.25) is 0 Å². The molecule has 0 N–H and O–H groups in total. The minimum absolute atomic E-state index is 0.418. The lowest BCUT2D eigenvalue weighted by Crippen LogP contribution is -1.89. The number of aromatic nitrogens is 1. The number of hydrogen-bond donors (Lipinski definition) is 0. The predicted molar refractivity (Wildman–Crippen MR) is 59.2 cm³/mol. The lowest BCUT2D eigenvalue weighted by Gasteiger charge is -1.97. The van der Waals surface area contributed by atoms with Crippen LogP contribution in [-0.2, 0) is 0 Å². The third-order valence-electron chi connectivity index (χ3n) is 1.85. The Morgan fingerprint density at radius 2 is 2.27 bits per heavy atom. The summed E-state index contributed by atoms with van der Waals surface area (Å²) in [4.78, 5) is 6.96. The van der Waals surface area contributed by atoms with Crippen molar-refractivity contribution in [3.05, 3.63) is 39.5 Å². The van der Waals surface area contributed by atoms with Crippen molar-refractivity contribution >= 4 is 0 Å². The normalized spacial score (nSPS) is 8.67. The van der Waals surface area contributed by atoms with E-state index in [2.05, 4.69) is 26.9 Å². The molecule has 0 unspecified atom stereocenters. The van der Waals surface area contributed by atoms with Crippen molar-refractivity contribution in [2.24, 2.45) is 5.11 Å². The summed E-state index contributed by atoms with van der Waals surface area (Å²) in [7, 11) is 0. The van der Waals surface area contributed by atoms with Crippen LogP contribution in [0.15, 0.2) is 17.2 Å². The number of pyridine rings is 1. The summed E-state index contributed by atoms with van der Waals surface area (Å²) in [6, 6.07) is 3.89. The molecule has 0 fully saturated rings. The molecule has 1 aromatic rings. The number of nitrogens with zero attached hydrogens (tertiary/aromatic N) is 4.